The molecule has 0 unspecified atom stereocenters. The molecule has 1 fully saturated rings. The second kappa shape index (κ2) is 16.0. The van der Waals surface area contributed by atoms with Gasteiger partial charge in [0.25, 0.3) is 10.0 Å². The average Bonchev–Trinajstić information content (AvgIpc) is 3.09. The number of carbonyl (C=O) groups excluding carboxylic acids is 2. The van der Waals surface area contributed by atoms with E-state index in [1.54, 1.807) is 48.5 Å². The molecule has 1 atom stereocenters. The van der Waals surface area contributed by atoms with Gasteiger partial charge in [0.1, 0.15) is 12.6 Å². The fourth-order valence-corrected chi connectivity index (χ4v) is 7.99. The number of nitrogens with one attached hydrogen (secondary N) is 1. The lowest BCUT2D eigenvalue weighted by atomic mass is 9.94. The van der Waals surface area contributed by atoms with Crippen LogP contribution in [-0.2, 0) is 32.6 Å². The van der Waals surface area contributed by atoms with E-state index in [1.807, 2.05) is 50.2 Å². The Bertz CT molecular complexity index is 1830. The molecular weight excluding hydrogens is 665 g/mol. The number of hydrogen-bond donors (Lipinski definition) is 1. The van der Waals surface area contributed by atoms with Gasteiger partial charge in [-0.3, -0.25) is 13.9 Å². The zero-order chi connectivity index (χ0) is 34.3. The Labute approximate surface area is 293 Å². The van der Waals surface area contributed by atoms with Crippen LogP contribution >= 0.6 is 23.2 Å². The van der Waals surface area contributed by atoms with Crippen molar-refractivity contribution >= 4 is 50.7 Å². The number of sulfonamides is 1. The summed E-state index contributed by atoms with van der Waals surface area (Å²) >= 11 is 12.6. The highest BCUT2D eigenvalue weighted by atomic mass is 35.5. The van der Waals surface area contributed by atoms with Crippen LogP contribution < -0.4 is 9.62 Å². The first-order chi connectivity index (χ1) is 23.0. The molecule has 1 aliphatic rings. The van der Waals surface area contributed by atoms with E-state index < -0.39 is 28.5 Å². The van der Waals surface area contributed by atoms with Gasteiger partial charge in [-0.2, -0.15) is 0 Å². The molecule has 0 saturated heterocycles. The first kappa shape index (κ1) is 35.5. The molecular formula is C38H41Cl2N3O4S. The number of benzene rings is 4. The SMILES string of the molecule is Cc1cccc(N(CC(=O)N(Cc2ccc(Cl)c(Cl)c2)[C@H](Cc2ccccc2)C(=O)NC2CCCCC2)S(=O)(=O)c2ccccc2)c1C. The van der Waals surface area contributed by atoms with E-state index in [0.29, 0.717) is 21.3 Å². The summed E-state index contributed by atoms with van der Waals surface area (Å²) in [5.41, 5.74) is 3.54. The molecule has 1 N–H and O–H groups in total. The first-order valence-corrected chi connectivity index (χ1v) is 18.5. The van der Waals surface area contributed by atoms with Crippen LogP contribution in [0, 0.1) is 13.8 Å². The zero-order valence-electron chi connectivity index (χ0n) is 27.2. The molecule has 1 aliphatic carbocycles. The van der Waals surface area contributed by atoms with Crippen molar-refractivity contribution in [1.82, 2.24) is 10.2 Å². The summed E-state index contributed by atoms with van der Waals surface area (Å²) in [6.07, 6.45) is 5.18. The van der Waals surface area contributed by atoms with E-state index in [-0.39, 0.29) is 29.8 Å². The van der Waals surface area contributed by atoms with Crippen molar-refractivity contribution in [2.75, 3.05) is 10.8 Å². The Balaban J connectivity index is 1.59. The highest BCUT2D eigenvalue weighted by molar-refractivity contribution is 7.92. The van der Waals surface area contributed by atoms with Gasteiger partial charge in [0.2, 0.25) is 11.8 Å². The first-order valence-electron chi connectivity index (χ1n) is 16.3. The number of hydrogen-bond acceptors (Lipinski definition) is 4. The Morgan fingerprint density at radius 2 is 1.48 bits per heavy atom. The molecule has 4 aromatic carbocycles. The van der Waals surface area contributed by atoms with Crippen LogP contribution in [0.4, 0.5) is 5.69 Å². The summed E-state index contributed by atoms with van der Waals surface area (Å²) in [5.74, 6) is -0.801. The van der Waals surface area contributed by atoms with Crippen LogP contribution in [0.2, 0.25) is 10.0 Å². The summed E-state index contributed by atoms with van der Waals surface area (Å²) in [6, 6.07) is 27.1. The highest BCUT2D eigenvalue weighted by Crippen LogP contribution is 2.30. The van der Waals surface area contributed by atoms with Crippen LogP contribution in [0.5, 0.6) is 0 Å². The lowest BCUT2D eigenvalue weighted by Gasteiger charge is -2.35. The minimum Gasteiger partial charge on any atom is -0.352 e. The van der Waals surface area contributed by atoms with E-state index in [9.17, 15) is 18.0 Å². The Morgan fingerprint density at radius 3 is 2.15 bits per heavy atom. The molecule has 0 spiro atoms. The molecule has 0 heterocycles. The van der Waals surface area contributed by atoms with Crippen LogP contribution in [0.15, 0.2) is 102 Å². The molecule has 7 nitrogen and oxygen atoms in total. The number of amides is 2. The van der Waals surface area contributed by atoms with Gasteiger partial charge in [0, 0.05) is 19.0 Å². The summed E-state index contributed by atoms with van der Waals surface area (Å²) in [5, 5.41) is 3.91. The maximum Gasteiger partial charge on any atom is 0.264 e. The van der Waals surface area contributed by atoms with Gasteiger partial charge in [-0.25, -0.2) is 8.42 Å². The van der Waals surface area contributed by atoms with E-state index in [4.69, 9.17) is 23.2 Å². The van der Waals surface area contributed by atoms with Crippen LogP contribution in [0.3, 0.4) is 0 Å². The van der Waals surface area contributed by atoms with Gasteiger partial charge in [0.15, 0.2) is 0 Å². The molecule has 252 valence electrons. The smallest absolute Gasteiger partial charge is 0.264 e. The number of anilines is 1. The predicted octanol–water partition coefficient (Wildman–Crippen LogP) is 7.89. The van der Waals surface area contributed by atoms with Crippen LogP contribution in [0.1, 0.15) is 54.4 Å². The molecule has 0 aromatic heterocycles. The minimum absolute atomic E-state index is 0.0105. The molecule has 48 heavy (non-hydrogen) atoms. The zero-order valence-corrected chi connectivity index (χ0v) is 29.6. The Kier molecular flexibility index (Phi) is 11.8. The monoisotopic (exact) mass is 705 g/mol. The third kappa shape index (κ3) is 8.59. The lowest BCUT2D eigenvalue weighted by molar-refractivity contribution is -0.140. The van der Waals surface area contributed by atoms with Gasteiger partial charge >= 0.3 is 0 Å². The lowest BCUT2D eigenvalue weighted by Crippen LogP contribution is -2.55. The highest BCUT2D eigenvalue weighted by Gasteiger charge is 2.36. The molecule has 5 rings (SSSR count). The molecule has 2 amide bonds. The standard InChI is InChI=1S/C38H41Cl2N3O4S/c1-27-13-12-20-35(28(27)2)43(48(46,47)32-18-10-5-11-19-32)26-37(44)42(25-30-21-22-33(39)34(40)23-30)36(24-29-14-6-3-7-15-29)38(45)41-31-16-8-4-9-17-31/h3,5-7,10-15,18-23,31,36H,4,8-9,16-17,24-26H2,1-2H3,(H,41,45)/t36-/m1/s1. The third-order valence-corrected chi connectivity index (χ3v) is 11.5. The number of aryl methyl sites for hydroxylation is 1. The maximum absolute atomic E-state index is 14.8. The van der Waals surface area contributed by atoms with E-state index in [1.165, 1.54) is 17.0 Å². The van der Waals surface area contributed by atoms with E-state index in [2.05, 4.69) is 5.32 Å². The maximum atomic E-state index is 14.8. The minimum atomic E-state index is -4.19. The Hall–Kier alpha value is -3.85. The van der Waals surface area contributed by atoms with Crippen molar-refractivity contribution in [3.63, 3.8) is 0 Å². The van der Waals surface area contributed by atoms with Gasteiger partial charge < -0.3 is 10.2 Å². The van der Waals surface area contributed by atoms with Crippen LogP contribution in [0.25, 0.3) is 0 Å². The number of rotatable bonds is 12. The Morgan fingerprint density at radius 1 is 0.812 bits per heavy atom. The van der Waals surface area contributed by atoms with E-state index >= 15 is 0 Å². The van der Waals surface area contributed by atoms with Crippen molar-refractivity contribution in [1.29, 1.82) is 0 Å². The fourth-order valence-electron chi connectivity index (χ4n) is 6.17. The predicted molar refractivity (Wildman–Crippen MR) is 193 cm³/mol. The molecule has 0 aliphatic heterocycles. The molecule has 1 saturated carbocycles. The largest absolute Gasteiger partial charge is 0.352 e. The van der Waals surface area contributed by atoms with Crippen molar-refractivity contribution in [3.8, 4) is 0 Å². The van der Waals surface area contributed by atoms with Crippen molar-refractivity contribution in [3.05, 3.63) is 129 Å². The number of halogens is 2. The van der Waals surface area contributed by atoms with E-state index in [0.717, 1.165) is 53.1 Å². The number of carbonyl (C=O) groups is 2. The fraction of sp³-hybridized carbons (Fsp3) is 0.316. The van der Waals surface area contributed by atoms with Gasteiger partial charge in [-0.1, -0.05) is 109 Å². The normalized spacial score (nSPS) is 14.2. The second-order valence-corrected chi connectivity index (χ2v) is 15.0. The number of nitrogens with zero attached hydrogens (tertiary/aromatic N) is 2. The quantitative estimate of drug-likeness (QED) is 0.162. The summed E-state index contributed by atoms with van der Waals surface area (Å²) in [4.78, 5) is 30.6. The summed E-state index contributed by atoms with van der Waals surface area (Å²) in [6.45, 7) is 3.23. The van der Waals surface area contributed by atoms with Gasteiger partial charge in [-0.05, 0) is 79.3 Å². The van der Waals surface area contributed by atoms with Gasteiger partial charge in [0.05, 0.1) is 20.6 Å². The van der Waals surface area contributed by atoms with Crippen molar-refractivity contribution in [2.45, 2.75) is 75.9 Å². The molecule has 4 aromatic rings. The second-order valence-electron chi connectivity index (χ2n) is 12.4. The summed E-state index contributed by atoms with van der Waals surface area (Å²) < 4.78 is 29.8. The van der Waals surface area contributed by atoms with Crippen molar-refractivity contribution in [2.24, 2.45) is 0 Å². The van der Waals surface area contributed by atoms with Gasteiger partial charge in [-0.15, -0.1) is 0 Å². The van der Waals surface area contributed by atoms with Crippen molar-refractivity contribution < 1.29 is 18.0 Å². The average molecular weight is 707 g/mol. The summed E-state index contributed by atoms with van der Waals surface area (Å²) in [7, 11) is -4.19. The molecule has 0 bridgehead atoms. The molecule has 10 heteroatoms. The topological polar surface area (TPSA) is 86.8 Å². The van der Waals surface area contributed by atoms with Crippen LogP contribution in [-0.4, -0.2) is 43.8 Å². The molecule has 0 radical (unpaired) electrons. The third-order valence-electron chi connectivity index (χ3n) is 9.01.